The number of aryl methyl sites for hydroxylation is 1. The number of aromatic nitrogens is 2. The summed E-state index contributed by atoms with van der Waals surface area (Å²) >= 11 is 6.72. The van der Waals surface area contributed by atoms with Gasteiger partial charge in [-0.25, -0.2) is 22.4 Å². The zero-order valence-corrected chi connectivity index (χ0v) is 42.8. The number of amides is 5. The van der Waals surface area contributed by atoms with Gasteiger partial charge in [-0.15, -0.1) is 0 Å². The van der Waals surface area contributed by atoms with E-state index >= 15 is 17.6 Å². The van der Waals surface area contributed by atoms with Crippen LogP contribution in [0.4, 0.5) is 28.2 Å². The molecule has 15 nitrogen and oxygen atoms in total. The van der Waals surface area contributed by atoms with E-state index in [9.17, 15) is 24.3 Å². The van der Waals surface area contributed by atoms with Crippen LogP contribution in [0.15, 0.2) is 54.6 Å². The lowest BCUT2D eigenvalue weighted by Crippen LogP contribution is -2.53. The minimum Gasteiger partial charge on any atom is -0.488 e. The van der Waals surface area contributed by atoms with Crippen LogP contribution in [0.2, 0.25) is 5.02 Å². The highest BCUT2D eigenvalue weighted by molar-refractivity contribution is 6.34. The number of urea groups is 1. The number of piperidine rings is 2. The molecule has 75 heavy (non-hydrogen) atoms. The van der Waals surface area contributed by atoms with E-state index in [0.717, 1.165) is 31.2 Å². The molecule has 1 aliphatic carbocycles. The maximum atomic E-state index is 16.5. The highest BCUT2D eigenvalue weighted by Gasteiger charge is 2.50. The van der Waals surface area contributed by atoms with Gasteiger partial charge in [-0.1, -0.05) is 48.9 Å². The number of nitrogens with zero attached hydrogens (tertiary/aromatic N) is 5. The summed E-state index contributed by atoms with van der Waals surface area (Å²) in [5.41, 5.74) is 5.27. The molecule has 5 amide bonds. The number of aliphatic hydroxyl groups is 1. The van der Waals surface area contributed by atoms with Gasteiger partial charge in [0.25, 0.3) is 0 Å². The number of aliphatic hydroxyl groups excluding tert-OH is 1. The SMILES string of the molecule is CC1CC(c2c(F)cc3c(N4CCC(=O)NC4=O)nn(C)c3c2F)CCN1C1CCN(C(=O)C2CCC(NCC3(c4ccccc4)Oc4cc(F)c(Cl)c(-c5c(C(N)=O)ccc(OCCO)c5F)c4C3C)CC2)CC1. The van der Waals surface area contributed by atoms with E-state index in [0.29, 0.717) is 50.9 Å². The molecule has 10 rings (SSSR count). The number of anilines is 1. The van der Waals surface area contributed by atoms with E-state index in [2.05, 4.69) is 27.6 Å². The highest BCUT2D eigenvalue weighted by atomic mass is 35.5. The molecule has 5 heterocycles. The van der Waals surface area contributed by atoms with Crippen LogP contribution in [0.3, 0.4) is 0 Å². The van der Waals surface area contributed by atoms with E-state index in [1.807, 2.05) is 42.2 Å². The fourth-order valence-electron chi connectivity index (χ4n) is 12.7. The van der Waals surface area contributed by atoms with Crippen molar-refractivity contribution in [3.63, 3.8) is 0 Å². The molecule has 5 N–H and O–H groups in total. The van der Waals surface area contributed by atoms with Crippen molar-refractivity contribution in [2.75, 3.05) is 50.8 Å². The van der Waals surface area contributed by atoms with Crippen LogP contribution in [0, 0.1) is 29.2 Å². The summed E-state index contributed by atoms with van der Waals surface area (Å²) in [6, 6.07) is 14.0. The average molecular weight is 1060 g/mol. The Balaban J connectivity index is 0.766. The molecule has 398 valence electrons. The van der Waals surface area contributed by atoms with Crippen LogP contribution in [0.1, 0.15) is 111 Å². The molecule has 4 aromatic carbocycles. The van der Waals surface area contributed by atoms with Crippen molar-refractivity contribution < 1.29 is 51.3 Å². The number of imide groups is 1. The molecule has 3 saturated heterocycles. The second kappa shape index (κ2) is 21.0. The molecule has 1 saturated carbocycles. The van der Waals surface area contributed by atoms with Gasteiger partial charge in [-0.05, 0) is 94.5 Å². The van der Waals surface area contributed by atoms with E-state index in [1.165, 1.54) is 33.8 Å². The van der Waals surface area contributed by atoms with Crippen LogP contribution in [0.5, 0.6) is 11.5 Å². The van der Waals surface area contributed by atoms with Crippen LogP contribution in [0.25, 0.3) is 22.0 Å². The Morgan fingerprint density at radius 1 is 0.920 bits per heavy atom. The number of halogens is 5. The maximum Gasteiger partial charge on any atom is 0.329 e. The molecule has 0 radical (unpaired) electrons. The summed E-state index contributed by atoms with van der Waals surface area (Å²) in [7, 11) is 1.56. The van der Waals surface area contributed by atoms with E-state index in [-0.39, 0.29) is 112 Å². The van der Waals surface area contributed by atoms with E-state index in [4.69, 9.17) is 26.8 Å². The Morgan fingerprint density at radius 3 is 2.33 bits per heavy atom. The van der Waals surface area contributed by atoms with Crippen molar-refractivity contribution in [3.8, 4) is 22.6 Å². The largest absolute Gasteiger partial charge is 0.488 e. The highest BCUT2D eigenvalue weighted by Crippen LogP contribution is 2.57. The second-order valence-corrected chi connectivity index (χ2v) is 21.1. The first-order valence-electron chi connectivity index (χ1n) is 25.9. The van der Waals surface area contributed by atoms with E-state index < -0.39 is 64.3 Å². The summed E-state index contributed by atoms with van der Waals surface area (Å²) in [5, 5.41) is 19.5. The molecule has 5 aliphatic rings. The molecule has 0 bridgehead atoms. The van der Waals surface area contributed by atoms with Gasteiger partial charge in [0.15, 0.2) is 28.8 Å². The van der Waals surface area contributed by atoms with Crippen LogP contribution < -0.4 is 30.7 Å². The van der Waals surface area contributed by atoms with Crippen molar-refractivity contribution in [3.05, 3.63) is 105 Å². The zero-order chi connectivity index (χ0) is 53.0. The Bertz CT molecular complexity index is 3060. The maximum absolute atomic E-state index is 16.5. The Kier molecular flexibility index (Phi) is 14.6. The Morgan fingerprint density at radius 2 is 1.65 bits per heavy atom. The third-order valence-corrected chi connectivity index (χ3v) is 16.9. The van der Waals surface area contributed by atoms with Gasteiger partial charge in [0.1, 0.15) is 29.5 Å². The topological polar surface area (TPSA) is 185 Å². The number of hydrogen-bond acceptors (Lipinski definition) is 10. The van der Waals surface area contributed by atoms with Gasteiger partial charge in [-0.3, -0.25) is 34.2 Å². The molecule has 5 aromatic rings. The number of nitrogens with one attached hydrogen (secondary N) is 2. The predicted molar refractivity (Wildman–Crippen MR) is 273 cm³/mol. The summed E-state index contributed by atoms with van der Waals surface area (Å²) in [6.07, 6.45) is 5.53. The van der Waals surface area contributed by atoms with Gasteiger partial charge >= 0.3 is 6.03 Å². The zero-order valence-electron chi connectivity index (χ0n) is 42.1. The lowest BCUT2D eigenvalue weighted by molar-refractivity contribution is -0.138. The first-order chi connectivity index (χ1) is 36.0. The van der Waals surface area contributed by atoms with Gasteiger partial charge in [0.2, 0.25) is 17.7 Å². The number of primary amides is 1. The predicted octanol–water partition coefficient (Wildman–Crippen LogP) is 8.17. The first-order valence-corrected chi connectivity index (χ1v) is 26.3. The molecule has 4 fully saturated rings. The van der Waals surface area contributed by atoms with E-state index in [1.54, 1.807) is 7.05 Å². The third-order valence-electron chi connectivity index (χ3n) is 16.5. The number of carbonyl (C=O) groups excluding carboxylic acids is 4. The molecule has 4 aliphatic heterocycles. The minimum atomic E-state index is -1.14. The molecular weight excluding hydrogens is 996 g/mol. The van der Waals surface area contributed by atoms with Gasteiger partial charge < -0.3 is 30.5 Å². The molecular formula is C55H61ClF4N8O7. The fraction of sp³-hybridized carbons (Fsp3) is 0.473. The van der Waals surface area contributed by atoms with Gasteiger partial charge in [-0.2, -0.15) is 5.10 Å². The number of carbonyl (C=O) groups is 4. The number of rotatable bonds is 13. The number of nitrogens with two attached hydrogens (primary N) is 1. The normalized spacial score (nSPS) is 24.6. The average Bonchev–Trinajstić information content (AvgIpc) is 3.87. The Labute approximate surface area is 436 Å². The molecule has 4 unspecified atom stereocenters. The lowest BCUT2D eigenvalue weighted by atomic mass is 9.77. The van der Waals surface area contributed by atoms with Crippen molar-refractivity contribution in [1.29, 1.82) is 0 Å². The quantitative estimate of drug-likeness (QED) is 0.0840. The fourth-order valence-corrected chi connectivity index (χ4v) is 12.9. The second-order valence-electron chi connectivity index (χ2n) is 20.8. The van der Waals surface area contributed by atoms with Gasteiger partial charge in [0.05, 0.1) is 22.6 Å². The number of hydrogen-bond donors (Lipinski definition) is 4. The van der Waals surface area contributed by atoms with Crippen LogP contribution in [-0.2, 0) is 22.2 Å². The lowest BCUT2D eigenvalue weighted by Gasteiger charge is -2.46. The van der Waals surface area contributed by atoms with Crippen molar-refractivity contribution in [1.82, 2.24) is 30.2 Å². The van der Waals surface area contributed by atoms with Crippen molar-refractivity contribution in [2.45, 2.75) is 107 Å². The summed E-state index contributed by atoms with van der Waals surface area (Å²) in [5.74, 6) is -5.61. The Hall–Kier alpha value is -6.28. The molecule has 0 spiro atoms. The number of ether oxygens (including phenoxy) is 2. The number of benzene rings is 4. The molecule has 1 aromatic heterocycles. The van der Waals surface area contributed by atoms with Gasteiger partial charge in [0, 0.05) is 97.9 Å². The smallest absolute Gasteiger partial charge is 0.329 e. The standard InChI is InChI=1S/C55H61ClF4N8O7/c1-29-25-32(44-38(57)26-37-50(49(44)60)65(3)64-52(37)68-22-18-42(70)63-54(68)73)15-21-67(29)35-16-19-66(20-17-35)53(72)31-9-11-34(12-10-31)62-28-55(33-7-5-4-6-8-33)30(2)43-41(75-55)27-39(58)47(56)46(43)45-36(51(61)71)13-14-40(48(45)59)74-24-23-69/h4-8,13-14,26-27,29-32,34-35,62,69H,9-12,15-25,28H2,1-3H3,(H2,61,71)(H,63,70,73). The van der Waals surface area contributed by atoms with Crippen LogP contribution in [-0.4, -0.2) is 113 Å². The van der Waals surface area contributed by atoms with Crippen LogP contribution >= 0.6 is 11.6 Å². The molecule has 20 heteroatoms. The third kappa shape index (κ3) is 9.47. The summed E-state index contributed by atoms with van der Waals surface area (Å²) < 4.78 is 78.4. The summed E-state index contributed by atoms with van der Waals surface area (Å²) in [4.78, 5) is 56.9. The number of fused-ring (bicyclic) bond motifs is 2. The van der Waals surface area contributed by atoms with Crippen molar-refractivity contribution in [2.24, 2.45) is 18.7 Å². The summed E-state index contributed by atoms with van der Waals surface area (Å²) in [6.45, 7) is 5.55. The number of likely N-dealkylation sites (tertiary alicyclic amines) is 2. The first kappa shape index (κ1) is 52.2. The minimum absolute atomic E-state index is 0.0182. The monoisotopic (exact) mass is 1060 g/mol. The van der Waals surface area contributed by atoms with Crippen molar-refractivity contribution >= 4 is 52.1 Å². The molecule has 4 atom stereocenters.